The van der Waals surface area contributed by atoms with Crippen LogP contribution in [-0.2, 0) is 10.2 Å². The van der Waals surface area contributed by atoms with E-state index in [-0.39, 0.29) is 17.1 Å². The minimum absolute atomic E-state index is 0.0379. The molecule has 4 aromatic rings. The number of benzene rings is 1. The molecule has 1 aromatic carbocycles. The molecule has 0 bridgehead atoms. The first-order chi connectivity index (χ1) is 14.1. The van der Waals surface area contributed by atoms with Crippen LogP contribution in [0.4, 0.5) is 5.13 Å². The average Bonchev–Trinajstić information content (AvgIpc) is 3.26. The molecule has 0 saturated heterocycles. The summed E-state index contributed by atoms with van der Waals surface area (Å²) in [4.78, 5) is 17.1. The molecule has 0 fully saturated rings. The van der Waals surface area contributed by atoms with Gasteiger partial charge >= 0.3 is 0 Å². The lowest BCUT2D eigenvalue weighted by molar-refractivity contribution is -0.113. The molecule has 3 aromatic heterocycles. The van der Waals surface area contributed by atoms with Gasteiger partial charge in [0.25, 0.3) is 0 Å². The number of hydrogen-bond acceptors (Lipinski definition) is 6. The van der Waals surface area contributed by atoms with E-state index in [0.717, 1.165) is 33.0 Å². The number of fused-ring (bicyclic) bond motifs is 3. The molecule has 4 rings (SSSR count). The molecule has 3 heterocycles. The van der Waals surface area contributed by atoms with E-state index < -0.39 is 0 Å². The van der Waals surface area contributed by atoms with E-state index >= 15 is 0 Å². The lowest BCUT2D eigenvalue weighted by atomic mass is 9.93. The van der Waals surface area contributed by atoms with Crippen LogP contribution in [0.2, 0.25) is 0 Å². The minimum atomic E-state index is -0.101. The Morgan fingerprint density at radius 1 is 1.13 bits per heavy atom. The van der Waals surface area contributed by atoms with Gasteiger partial charge in [-0.15, -0.1) is 21.5 Å². The van der Waals surface area contributed by atoms with Gasteiger partial charge in [0, 0.05) is 10.8 Å². The predicted molar refractivity (Wildman–Crippen MR) is 125 cm³/mol. The predicted octanol–water partition coefficient (Wildman–Crippen LogP) is 5.29. The number of pyridine rings is 1. The number of nitrogens with one attached hydrogen (secondary N) is 1. The number of thioether (sulfide) groups is 1. The standard InChI is InChI=1S/C22H25N5OS2/c1-12-7-13(2)18-15(8-12)9-14(3)19-25-26-21(27(18)19)30-11-17(28)24-20-23-16(10-29-20)22(4,5)6/h7-10H,11H2,1-6H3,(H,23,24,28). The van der Waals surface area contributed by atoms with E-state index in [4.69, 9.17) is 0 Å². The van der Waals surface area contributed by atoms with Crippen molar-refractivity contribution in [3.63, 3.8) is 0 Å². The number of aryl methyl sites for hydroxylation is 3. The molecule has 0 saturated carbocycles. The Hall–Kier alpha value is -2.45. The summed E-state index contributed by atoms with van der Waals surface area (Å²) in [6, 6.07) is 6.48. The summed E-state index contributed by atoms with van der Waals surface area (Å²) in [6.07, 6.45) is 0. The highest BCUT2D eigenvalue weighted by molar-refractivity contribution is 7.99. The van der Waals surface area contributed by atoms with E-state index in [9.17, 15) is 4.79 Å². The van der Waals surface area contributed by atoms with Crippen LogP contribution in [0.25, 0.3) is 16.6 Å². The first-order valence-electron chi connectivity index (χ1n) is 9.78. The maximum absolute atomic E-state index is 12.5. The maximum atomic E-state index is 12.5. The van der Waals surface area contributed by atoms with Gasteiger partial charge in [0.05, 0.1) is 17.0 Å². The molecule has 0 aliphatic rings. The van der Waals surface area contributed by atoms with Crippen molar-refractivity contribution in [2.45, 2.75) is 52.1 Å². The molecular formula is C22H25N5OS2. The minimum Gasteiger partial charge on any atom is -0.301 e. The third-order valence-electron chi connectivity index (χ3n) is 4.91. The number of hydrogen-bond donors (Lipinski definition) is 1. The molecule has 8 heteroatoms. The highest BCUT2D eigenvalue weighted by Crippen LogP contribution is 2.29. The summed E-state index contributed by atoms with van der Waals surface area (Å²) in [6.45, 7) is 12.6. The zero-order valence-corrected chi connectivity index (χ0v) is 19.7. The molecule has 1 N–H and O–H groups in total. The second kappa shape index (κ2) is 7.67. The van der Waals surface area contributed by atoms with E-state index in [1.807, 2.05) is 12.3 Å². The second-order valence-corrected chi connectivity index (χ2v) is 10.4. The van der Waals surface area contributed by atoms with Gasteiger partial charge in [0.1, 0.15) is 0 Å². The Balaban J connectivity index is 1.58. The zero-order chi connectivity index (χ0) is 21.6. The fourth-order valence-corrected chi connectivity index (χ4v) is 5.18. The second-order valence-electron chi connectivity index (χ2n) is 8.61. The Morgan fingerprint density at radius 3 is 2.60 bits per heavy atom. The lowest BCUT2D eigenvalue weighted by Gasteiger charge is -2.14. The van der Waals surface area contributed by atoms with Crippen molar-refractivity contribution in [3.05, 3.63) is 46.0 Å². The molecule has 1 amide bonds. The smallest absolute Gasteiger partial charge is 0.236 e. The van der Waals surface area contributed by atoms with Crippen molar-refractivity contribution < 1.29 is 4.79 Å². The molecule has 0 unspecified atom stereocenters. The summed E-state index contributed by atoms with van der Waals surface area (Å²) in [5, 5.41) is 16.1. The first-order valence-corrected chi connectivity index (χ1v) is 11.6. The van der Waals surface area contributed by atoms with Crippen molar-refractivity contribution in [3.8, 4) is 0 Å². The van der Waals surface area contributed by atoms with E-state index in [1.165, 1.54) is 34.2 Å². The van der Waals surface area contributed by atoms with Crippen LogP contribution in [-0.4, -0.2) is 31.2 Å². The molecule has 0 atom stereocenters. The monoisotopic (exact) mass is 439 g/mol. The SMILES string of the molecule is Cc1cc(C)c2c(c1)cc(C)c1nnc(SCC(=O)Nc3nc(C(C)(C)C)cs3)n12. The van der Waals surface area contributed by atoms with Gasteiger partial charge in [-0.2, -0.15) is 0 Å². The fourth-order valence-electron chi connectivity index (χ4n) is 3.49. The summed E-state index contributed by atoms with van der Waals surface area (Å²) < 4.78 is 2.07. The number of aromatic nitrogens is 4. The molecule has 0 radical (unpaired) electrons. The van der Waals surface area contributed by atoms with Crippen molar-refractivity contribution in [1.29, 1.82) is 0 Å². The highest BCUT2D eigenvalue weighted by atomic mass is 32.2. The van der Waals surface area contributed by atoms with E-state index in [0.29, 0.717) is 5.13 Å². The number of carbonyl (C=O) groups excluding carboxylic acids is 1. The third-order valence-corrected chi connectivity index (χ3v) is 6.59. The van der Waals surface area contributed by atoms with Gasteiger partial charge in [-0.3, -0.25) is 9.20 Å². The number of rotatable bonds is 4. The van der Waals surface area contributed by atoms with Crippen molar-refractivity contribution >= 4 is 50.7 Å². The Labute approximate surface area is 184 Å². The first kappa shape index (κ1) is 20.8. The van der Waals surface area contributed by atoms with Crippen molar-refractivity contribution in [1.82, 2.24) is 19.6 Å². The Bertz CT molecular complexity index is 1270. The summed E-state index contributed by atoms with van der Waals surface area (Å²) >= 11 is 2.84. The van der Waals surface area contributed by atoms with Crippen LogP contribution in [0.15, 0.2) is 28.7 Å². The van der Waals surface area contributed by atoms with Crippen LogP contribution >= 0.6 is 23.1 Å². The van der Waals surface area contributed by atoms with Gasteiger partial charge in [0.2, 0.25) is 5.91 Å². The van der Waals surface area contributed by atoms with Crippen LogP contribution in [0.1, 0.15) is 43.2 Å². The number of carbonyl (C=O) groups is 1. The third kappa shape index (κ3) is 3.94. The molecule has 0 spiro atoms. The van der Waals surface area contributed by atoms with E-state index in [1.54, 1.807) is 0 Å². The topological polar surface area (TPSA) is 72.2 Å². The molecule has 6 nitrogen and oxygen atoms in total. The Kier molecular flexibility index (Phi) is 5.32. The largest absolute Gasteiger partial charge is 0.301 e. The zero-order valence-electron chi connectivity index (χ0n) is 18.0. The fraction of sp³-hybridized carbons (Fsp3) is 0.364. The summed E-state index contributed by atoms with van der Waals surface area (Å²) in [5.41, 5.74) is 6.30. The van der Waals surface area contributed by atoms with Crippen molar-refractivity contribution in [2.24, 2.45) is 0 Å². The van der Waals surface area contributed by atoms with Gasteiger partial charge in [-0.05, 0) is 49.4 Å². The number of thiazole rings is 1. The normalized spacial score (nSPS) is 12.1. The molecule has 156 valence electrons. The molecular weight excluding hydrogens is 414 g/mol. The van der Waals surface area contributed by atoms with Gasteiger partial charge in [-0.25, -0.2) is 4.98 Å². The highest BCUT2D eigenvalue weighted by Gasteiger charge is 2.19. The van der Waals surface area contributed by atoms with Gasteiger partial charge in [0.15, 0.2) is 15.9 Å². The maximum Gasteiger partial charge on any atom is 0.236 e. The number of nitrogens with zero attached hydrogens (tertiary/aromatic N) is 4. The number of anilines is 1. The van der Waals surface area contributed by atoms with Crippen LogP contribution < -0.4 is 5.32 Å². The van der Waals surface area contributed by atoms with Crippen LogP contribution in [0.3, 0.4) is 0 Å². The Morgan fingerprint density at radius 2 is 1.90 bits per heavy atom. The quantitative estimate of drug-likeness (QED) is 0.437. The van der Waals surface area contributed by atoms with E-state index in [2.05, 4.69) is 77.7 Å². The summed E-state index contributed by atoms with van der Waals surface area (Å²) in [5.74, 6) is 0.141. The molecule has 0 aliphatic heterocycles. The van der Waals surface area contributed by atoms with Crippen LogP contribution in [0.5, 0.6) is 0 Å². The average molecular weight is 440 g/mol. The van der Waals surface area contributed by atoms with Gasteiger partial charge in [-0.1, -0.05) is 44.2 Å². The van der Waals surface area contributed by atoms with Gasteiger partial charge < -0.3 is 5.32 Å². The van der Waals surface area contributed by atoms with Crippen LogP contribution in [0, 0.1) is 20.8 Å². The van der Waals surface area contributed by atoms with Crippen molar-refractivity contribution in [2.75, 3.05) is 11.1 Å². The summed E-state index contributed by atoms with van der Waals surface area (Å²) in [7, 11) is 0. The molecule has 0 aliphatic carbocycles. The molecule has 30 heavy (non-hydrogen) atoms. The number of amides is 1. The lowest BCUT2D eigenvalue weighted by Crippen LogP contribution is -2.15.